The fraction of sp³-hybridized carbons (Fsp3) is 0.486. The number of nitrogen functional groups attached to an aromatic ring is 1. The van der Waals surface area contributed by atoms with Crippen LogP contribution in [0.5, 0.6) is 6.01 Å². The second-order valence-electron chi connectivity index (χ2n) is 14.3. The van der Waals surface area contributed by atoms with Crippen molar-refractivity contribution in [1.29, 1.82) is 0 Å². The Kier molecular flexibility index (Phi) is 9.57. The van der Waals surface area contributed by atoms with Gasteiger partial charge in [0.2, 0.25) is 5.91 Å². The number of pyridine rings is 2. The highest BCUT2D eigenvalue weighted by Gasteiger charge is 2.49. The van der Waals surface area contributed by atoms with Crippen molar-refractivity contribution in [3.63, 3.8) is 0 Å². The lowest BCUT2D eigenvalue weighted by Gasteiger charge is -2.31. The molecule has 1 aromatic carbocycles. The molecule has 0 radical (unpaired) electrons. The number of hydrogen-bond donors (Lipinski definition) is 1. The zero-order chi connectivity index (χ0) is 36.0. The molecule has 4 aliphatic heterocycles. The number of nitrogens with zero attached hydrogens (tertiary/aromatic N) is 8. The largest absolute Gasteiger partial charge is 0.461 e. The van der Waals surface area contributed by atoms with Crippen LogP contribution in [0.1, 0.15) is 25.7 Å². The maximum atomic E-state index is 16.9. The smallest absolute Gasteiger partial charge is 0.319 e. The number of carbonyl (C=O) groups excluding carboxylic acids is 1. The van der Waals surface area contributed by atoms with Gasteiger partial charge in [-0.25, -0.2) is 13.8 Å². The summed E-state index contributed by atoms with van der Waals surface area (Å²) in [5.41, 5.74) is 5.83. The minimum Gasteiger partial charge on any atom is -0.461 e. The normalized spacial score (nSPS) is 24.0. The molecule has 4 aliphatic rings. The van der Waals surface area contributed by atoms with Gasteiger partial charge in [-0.2, -0.15) is 9.97 Å². The second-order valence-corrected chi connectivity index (χ2v) is 14.7. The van der Waals surface area contributed by atoms with Crippen molar-refractivity contribution < 1.29 is 23.0 Å². The van der Waals surface area contributed by atoms with Crippen molar-refractivity contribution >= 4 is 50.8 Å². The summed E-state index contributed by atoms with van der Waals surface area (Å²) < 4.78 is 43.2. The first-order valence-electron chi connectivity index (χ1n) is 17.9. The first-order chi connectivity index (χ1) is 25.2. The molecule has 4 aromatic rings. The van der Waals surface area contributed by atoms with Crippen LogP contribution in [0.3, 0.4) is 0 Å². The number of halogens is 3. The summed E-state index contributed by atoms with van der Waals surface area (Å²) in [5, 5.41) is 1.97. The quantitative estimate of drug-likeness (QED) is 0.245. The van der Waals surface area contributed by atoms with E-state index >= 15 is 4.39 Å². The lowest BCUT2D eigenvalue weighted by molar-refractivity contribution is -0.125. The van der Waals surface area contributed by atoms with Crippen LogP contribution in [0.4, 0.5) is 20.4 Å². The number of amides is 1. The van der Waals surface area contributed by atoms with Gasteiger partial charge in [0.15, 0.2) is 5.82 Å². The third-order valence-electron chi connectivity index (χ3n) is 11.0. The van der Waals surface area contributed by atoms with E-state index in [0.29, 0.717) is 79.2 Å². The van der Waals surface area contributed by atoms with E-state index in [0.717, 1.165) is 32.5 Å². The fourth-order valence-electron chi connectivity index (χ4n) is 8.25. The van der Waals surface area contributed by atoms with Gasteiger partial charge in [-0.3, -0.25) is 19.6 Å². The van der Waals surface area contributed by atoms with Crippen molar-refractivity contribution in [2.24, 2.45) is 0 Å². The lowest BCUT2D eigenvalue weighted by atomic mass is 9.95. The summed E-state index contributed by atoms with van der Waals surface area (Å²) in [4.78, 5) is 39.7. The summed E-state index contributed by atoms with van der Waals surface area (Å²) in [6, 6.07) is 6.87. The molecule has 2 N–H and O–H groups in total. The summed E-state index contributed by atoms with van der Waals surface area (Å²) in [6.45, 7) is 6.19. The molecule has 274 valence electrons. The van der Waals surface area contributed by atoms with Gasteiger partial charge in [0, 0.05) is 76.4 Å². The van der Waals surface area contributed by atoms with E-state index in [4.69, 9.17) is 31.8 Å². The molecule has 4 saturated heterocycles. The molecule has 15 heteroatoms. The van der Waals surface area contributed by atoms with Crippen LogP contribution in [0.15, 0.2) is 42.6 Å². The van der Waals surface area contributed by atoms with E-state index in [9.17, 15) is 9.18 Å². The topological polar surface area (TPSA) is 126 Å². The Morgan fingerprint density at radius 2 is 2.02 bits per heavy atom. The summed E-state index contributed by atoms with van der Waals surface area (Å²) in [6.07, 6.45) is 6.97. The molecule has 0 bridgehead atoms. The first-order valence-corrected chi connectivity index (χ1v) is 18.3. The molecule has 0 saturated carbocycles. The number of hydrogen-bond acceptors (Lipinski definition) is 11. The van der Waals surface area contributed by atoms with Gasteiger partial charge in [-0.05, 0) is 43.3 Å². The van der Waals surface area contributed by atoms with Gasteiger partial charge in [0.05, 0.1) is 29.2 Å². The molecule has 1 amide bonds. The Hall–Kier alpha value is -4.24. The van der Waals surface area contributed by atoms with Crippen LogP contribution in [-0.2, 0) is 9.53 Å². The third-order valence-corrected chi connectivity index (χ3v) is 11.3. The Labute approximate surface area is 305 Å². The third kappa shape index (κ3) is 6.61. The molecule has 3 atom stereocenters. The first kappa shape index (κ1) is 34.8. The Bertz CT molecular complexity index is 2030. The van der Waals surface area contributed by atoms with E-state index in [2.05, 4.69) is 24.8 Å². The van der Waals surface area contributed by atoms with Crippen LogP contribution < -0.4 is 15.4 Å². The molecule has 7 heterocycles. The minimum atomic E-state index is -0.927. The highest BCUT2D eigenvalue weighted by atomic mass is 35.5. The molecule has 12 nitrogen and oxygen atoms in total. The van der Waals surface area contributed by atoms with Gasteiger partial charge >= 0.3 is 6.01 Å². The molecular weight excluding hydrogens is 692 g/mol. The monoisotopic (exact) mass is 733 g/mol. The number of carbonyl (C=O) groups is 1. The predicted molar refractivity (Wildman–Crippen MR) is 196 cm³/mol. The number of fused-ring (bicyclic) bond motifs is 3. The van der Waals surface area contributed by atoms with E-state index < -0.39 is 17.5 Å². The van der Waals surface area contributed by atoms with E-state index in [1.54, 1.807) is 24.3 Å². The van der Waals surface area contributed by atoms with Crippen molar-refractivity contribution in [3.8, 4) is 17.4 Å². The van der Waals surface area contributed by atoms with Crippen LogP contribution in [0.2, 0.25) is 5.02 Å². The summed E-state index contributed by atoms with van der Waals surface area (Å²) in [5.74, 6) is -0.170. The van der Waals surface area contributed by atoms with Crippen molar-refractivity contribution in [3.05, 3.63) is 53.5 Å². The number of morpholine rings is 1. The van der Waals surface area contributed by atoms with E-state index in [1.165, 1.54) is 6.20 Å². The zero-order valence-electron chi connectivity index (χ0n) is 29.1. The fourth-order valence-corrected chi connectivity index (χ4v) is 8.52. The molecule has 0 unspecified atom stereocenters. The number of alkyl halides is 1. The van der Waals surface area contributed by atoms with Crippen molar-refractivity contribution in [2.45, 2.75) is 43.4 Å². The summed E-state index contributed by atoms with van der Waals surface area (Å²) >= 11 is 6.60. The van der Waals surface area contributed by atoms with E-state index in [-0.39, 0.29) is 47.3 Å². The van der Waals surface area contributed by atoms with Gasteiger partial charge in [-0.15, -0.1) is 0 Å². The van der Waals surface area contributed by atoms with Crippen molar-refractivity contribution in [1.82, 2.24) is 34.6 Å². The zero-order valence-corrected chi connectivity index (χ0v) is 29.9. The molecule has 52 heavy (non-hydrogen) atoms. The number of rotatable bonds is 9. The standard InChI is InChI=1S/C37H42ClF2N9O3/c1-46(25-8-12-48(21-25)29(50)7-3-10-47-13-15-51-16-14-47)35-26-19-42-34(33-30-23(17-28(41)43-33)5-2-6-27(30)38)31(40)32(26)44-36(45-35)52-22-37-9-4-11-49(37)20-24(39)18-37/h2-3,5-7,17,19,24-25H,4,8-16,18,20-22H2,1H3,(H2,41,43)/b7-3+/t24-,25-,37+/m1/s1. The van der Waals surface area contributed by atoms with Gasteiger partial charge < -0.3 is 25.0 Å². The Morgan fingerprint density at radius 3 is 2.87 bits per heavy atom. The lowest BCUT2D eigenvalue weighted by Crippen LogP contribution is -2.43. The SMILES string of the molecule is CN(c1nc(OC[C@@]23CCCN2C[C@H](F)C3)nc2c(F)c(-c3nc(N)cc4cccc(Cl)c34)ncc12)[C@@H]1CCN(C(=O)/C=C/CN2CCOCC2)C1. The van der Waals surface area contributed by atoms with Crippen LogP contribution in [0, 0.1) is 5.82 Å². The highest BCUT2D eigenvalue weighted by molar-refractivity contribution is 6.36. The number of nitrogens with two attached hydrogens (primary N) is 1. The number of likely N-dealkylation sites (tertiary alicyclic amines) is 1. The van der Waals surface area contributed by atoms with Crippen molar-refractivity contribution in [2.75, 3.05) is 83.3 Å². The number of aromatic nitrogens is 4. The van der Waals surface area contributed by atoms with Crippen LogP contribution in [-0.4, -0.2) is 131 Å². The minimum absolute atomic E-state index is 0.00572. The maximum Gasteiger partial charge on any atom is 0.319 e. The van der Waals surface area contributed by atoms with Gasteiger partial charge in [0.25, 0.3) is 0 Å². The number of likely N-dealkylation sites (N-methyl/N-ethyl adjacent to an activating group) is 1. The number of ether oxygens (including phenoxy) is 2. The number of benzene rings is 1. The number of anilines is 2. The molecule has 4 fully saturated rings. The molecule has 3 aromatic heterocycles. The summed E-state index contributed by atoms with van der Waals surface area (Å²) in [7, 11) is 1.87. The van der Waals surface area contributed by atoms with Crippen LogP contribution in [0.25, 0.3) is 33.1 Å². The predicted octanol–water partition coefficient (Wildman–Crippen LogP) is 4.50. The maximum absolute atomic E-state index is 16.9. The Balaban J connectivity index is 1.12. The average Bonchev–Trinajstić information content (AvgIpc) is 3.86. The highest BCUT2D eigenvalue weighted by Crippen LogP contribution is 2.41. The van der Waals surface area contributed by atoms with Gasteiger partial charge in [0.1, 0.15) is 41.3 Å². The molecule has 8 rings (SSSR count). The Morgan fingerprint density at radius 1 is 1.17 bits per heavy atom. The van der Waals surface area contributed by atoms with Gasteiger partial charge in [-0.1, -0.05) is 29.8 Å². The molecule has 0 aliphatic carbocycles. The molecular formula is C37H42ClF2N9O3. The van der Waals surface area contributed by atoms with Crippen LogP contribution >= 0.6 is 11.6 Å². The van der Waals surface area contributed by atoms with E-state index in [1.807, 2.05) is 29.0 Å². The second kappa shape index (κ2) is 14.3. The average molecular weight is 734 g/mol. The molecule has 0 spiro atoms.